The molecule has 0 unspecified atom stereocenters. The molecule has 1 aliphatic heterocycles. The van der Waals surface area contributed by atoms with Gasteiger partial charge in [0.2, 0.25) is 0 Å². The van der Waals surface area contributed by atoms with Crippen LogP contribution in [0.1, 0.15) is 19.3 Å². The Kier molecular flexibility index (Phi) is 2.34. The van der Waals surface area contributed by atoms with Crippen LogP contribution in [0.25, 0.3) is 0 Å². The highest BCUT2D eigenvalue weighted by Gasteiger charge is 2.09. The normalized spacial score (nSPS) is 23.1. The van der Waals surface area contributed by atoms with Crippen LogP contribution in [0, 0.1) is 0 Å². The van der Waals surface area contributed by atoms with Crippen LogP contribution < -0.4 is 0 Å². The van der Waals surface area contributed by atoms with Gasteiger partial charge in [-0.05, 0) is 25.9 Å². The van der Waals surface area contributed by atoms with Crippen LogP contribution >= 0.6 is 0 Å². The van der Waals surface area contributed by atoms with Gasteiger partial charge >= 0.3 is 7.69 Å². The maximum Gasteiger partial charge on any atom is 0.454 e. The molecule has 1 rings (SSSR count). The number of rotatable bonds is 1. The van der Waals surface area contributed by atoms with Crippen molar-refractivity contribution >= 4 is 7.69 Å². The molecule has 8 heavy (non-hydrogen) atoms. The maximum absolute atomic E-state index is 11.7. The van der Waals surface area contributed by atoms with Crippen molar-refractivity contribution in [1.29, 1.82) is 0 Å². The molecule has 1 heterocycles. The van der Waals surface area contributed by atoms with Crippen molar-refractivity contribution in [1.82, 2.24) is 4.81 Å². The molecular weight excluding hydrogens is 104 g/mol. The lowest BCUT2D eigenvalue weighted by atomic mass is 10.1. The quantitative estimate of drug-likeness (QED) is 0.459. The molecule has 45 valence electrons. The van der Waals surface area contributed by atoms with E-state index in [1.807, 2.05) is 0 Å². The second-order valence-corrected chi connectivity index (χ2v) is 2.19. The average molecular weight is 114 g/mol. The third-order valence-electron chi connectivity index (χ3n) is 1.53. The van der Waals surface area contributed by atoms with Crippen LogP contribution in [0.5, 0.6) is 0 Å². The van der Waals surface area contributed by atoms with Crippen LogP contribution in [0.15, 0.2) is 0 Å². The zero-order valence-electron chi connectivity index (χ0n) is 4.94. The minimum absolute atomic E-state index is 0.694. The van der Waals surface area contributed by atoms with E-state index in [2.05, 4.69) is 0 Å². The molecule has 0 amide bonds. The molecule has 0 aliphatic carbocycles. The smallest absolute Gasteiger partial charge is 0.316 e. The number of hydrogen-bond acceptors (Lipinski definition) is 1. The van der Waals surface area contributed by atoms with E-state index in [1.165, 1.54) is 6.42 Å². The first-order chi connectivity index (χ1) is 3.93. The Morgan fingerprint density at radius 3 is 2.12 bits per heavy atom. The summed E-state index contributed by atoms with van der Waals surface area (Å²) in [6, 6.07) is 0. The highest BCUT2D eigenvalue weighted by Crippen LogP contribution is 2.06. The summed E-state index contributed by atoms with van der Waals surface area (Å²) in [4.78, 5) is 1.73. The van der Waals surface area contributed by atoms with E-state index in [1.54, 1.807) is 4.81 Å². The van der Waals surface area contributed by atoms with Crippen molar-refractivity contribution in [3.8, 4) is 0 Å². The first-order valence-electron chi connectivity index (χ1n) is 3.11. The Hall–Kier alpha value is -0.0451. The molecule has 0 aromatic carbocycles. The van der Waals surface area contributed by atoms with Crippen LogP contribution in [-0.2, 0) is 0 Å². The summed E-state index contributed by atoms with van der Waals surface area (Å²) in [5, 5.41) is 0. The minimum atomic E-state index is 0.694. The first-order valence-corrected chi connectivity index (χ1v) is 3.11. The molecule has 0 N–H and O–H groups in total. The molecule has 1 nitrogen and oxygen atoms in total. The van der Waals surface area contributed by atoms with Gasteiger partial charge in [0.25, 0.3) is 0 Å². The third-order valence-corrected chi connectivity index (χ3v) is 1.53. The predicted octanol–water partition coefficient (Wildman–Crippen LogP) is 0.976. The zero-order chi connectivity index (χ0) is 5.82. The minimum Gasteiger partial charge on any atom is -0.316 e. The van der Waals surface area contributed by atoms with Gasteiger partial charge in [0.1, 0.15) is 0 Å². The lowest BCUT2D eigenvalue weighted by Gasteiger charge is -2.21. The fourth-order valence-corrected chi connectivity index (χ4v) is 1.02. The molecule has 0 aromatic rings. The Balaban J connectivity index is 2.13. The Labute approximate surface area is 50.2 Å². The van der Waals surface area contributed by atoms with Crippen molar-refractivity contribution in [2.75, 3.05) is 13.1 Å². The van der Waals surface area contributed by atoms with Crippen molar-refractivity contribution in [2.24, 2.45) is 0 Å². The van der Waals surface area contributed by atoms with E-state index in [0.717, 1.165) is 25.9 Å². The summed E-state index contributed by atoms with van der Waals surface area (Å²) in [7, 11) is 0.694. The van der Waals surface area contributed by atoms with E-state index < -0.39 is 0 Å². The van der Waals surface area contributed by atoms with Crippen LogP contribution in [0.4, 0.5) is 4.32 Å². The standard InChI is InChI=1S/C5H10BFN/c7-6-8-4-2-1-3-5-8/h1-5H2. The fourth-order valence-electron chi connectivity index (χ4n) is 1.02. The highest BCUT2D eigenvalue weighted by atomic mass is 19.1. The van der Waals surface area contributed by atoms with Crippen molar-refractivity contribution in [3.63, 3.8) is 0 Å². The Bertz CT molecular complexity index is 63.4. The average Bonchev–Trinajstić information content (AvgIpc) is 1.90. The molecular formula is C5H10BFN. The van der Waals surface area contributed by atoms with Gasteiger partial charge in [0.15, 0.2) is 0 Å². The Morgan fingerprint density at radius 2 is 1.75 bits per heavy atom. The van der Waals surface area contributed by atoms with E-state index in [0.29, 0.717) is 7.69 Å². The van der Waals surface area contributed by atoms with Gasteiger partial charge < -0.3 is 9.13 Å². The molecule has 1 fully saturated rings. The molecule has 1 aliphatic rings. The van der Waals surface area contributed by atoms with Gasteiger partial charge in [-0.2, -0.15) is 0 Å². The SMILES string of the molecule is F[B]N1CCCCC1. The number of piperidine rings is 1. The maximum atomic E-state index is 11.7. The second-order valence-electron chi connectivity index (χ2n) is 2.19. The molecule has 1 radical (unpaired) electrons. The van der Waals surface area contributed by atoms with Gasteiger partial charge in [-0.3, -0.25) is 0 Å². The van der Waals surface area contributed by atoms with Gasteiger partial charge in [0.05, 0.1) is 0 Å². The van der Waals surface area contributed by atoms with Gasteiger partial charge in [-0.1, -0.05) is 6.42 Å². The topological polar surface area (TPSA) is 3.24 Å². The van der Waals surface area contributed by atoms with Crippen molar-refractivity contribution in [2.45, 2.75) is 19.3 Å². The summed E-state index contributed by atoms with van der Waals surface area (Å²) in [6.07, 6.45) is 3.57. The van der Waals surface area contributed by atoms with E-state index in [9.17, 15) is 4.32 Å². The zero-order valence-corrected chi connectivity index (χ0v) is 4.94. The molecule has 1 saturated heterocycles. The fraction of sp³-hybridized carbons (Fsp3) is 1.00. The van der Waals surface area contributed by atoms with Crippen LogP contribution in [-0.4, -0.2) is 25.6 Å². The van der Waals surface area contributed by atoms with Crippen LogP contribution in [0.2, 0.25) is 0 Å². The van der Waals surface area contributed by atoms with E-state index in [4.69, 9.17) is 0 Å². The molecule has 0 saturated carbocycles. The number of nitrogens with zero attached hydrogens (tertiary/aromatic N) is 1. The summed E-state index contributed by atoms with van der Waals surface area (Å²) in [5.41, 5.74) is 0. The van der Waals surface area contributed by atoms with Gasteiger partial charge in [-0.15, -0.1) is 0 Å². The van der Waals surface area contributed by atoms with Crippen molar-refractivity contribution < 1.29 is 4.32 Å². The van der Waals surface area contributed by atoms with E-state index in [-0.39, 0.29) is 0 Å². The lowest BCUT2D eigenvalue weighted by Crippen LogP contribution is -2.30. The summed E-state index contributed by atoms with van der Waals surface area (Å²) in [6.45, 7) is 1.83. The van der Waals surface area contributed by atoms with Crippen LogP contribution in [0.3, 0.4) is 0 Å². The van der Waals surface area contributed by atoms with Gasteiger partial charge in [-0.25, -0.2) is 0 Å². The molecule has 0 atom stereocenters. The molecule has 0 aromatic heterocycles. The predicted molar refractivity (Wildman–Crippen MR) is 32.3 cm³/mol. The second kappa shape index (κ2) is 3.08. The number of halogens is 1. The van der Waals surface area contributed by atoms with Gasteiger partial charge in [0, 0.05) is 0 Å². The largest absolute Gasteiger partial charge is 0.454 e. The monoisotopic (exact) mass is 114 g/mol. The number of hydrogen-bond donors (Lipinski definition) is 0. The summed E-state index contributed by atoms with van der Waals surface area (Å²) < 4.78 is 11.7. The summed E-state index contributed by atoms with van der Waals surface area (Å²) >= 11 is 0. The van der Waals surface area contributed by atoms with Crippen molar-refractivity contribution in [3.05, 3.63) is 0 Å². The summed E-state index contributed by atoms with van der Waals surface area (Å²) in [5.74, 6) is 0. The van der Waals surface area contributed by atoms with E-state index >= 15 is 0 Å². The molecule has 0 bridgehead atoms. The highest BCUT2D eigenvalue weighted by molar-refractivity contribution is 6.22. The molecule has 0 spiro atoms. The Morgan fingerprint density at radius 1 is 1.12 bits per heavy atom. The first kappa shape index (κ1) is 6.08. The third kappa shape index (κ3) is 1.48. The lowest BCUT2D eigenvalue weighted by molar-refractivity contribution is 0.345. The molecule has 3 heteroatoms.